The molecule has 2 aromatic rings. The van der Waals surface area contributed by atoms with Gasteiger partial charge in [-0.15, -0.1) is 0 Å². The summed E-state index contributed by atoms with van der Waals surface area (Å²) in [5, 5.41) is 7.50. The second kappa shape index (κ2) is 5.01. The Bertz CT molecular complexity index is 493. The van der Waals surface area contributed by atoms with Gasteiger partial charge in [0.15, 0.2) is 0 Å². The number of hydrogen-bond donors (Lipinski definition) is 1. The van der Waals surface area contributed by atoms with Gasteiger partial charge in [-0.1, -0.05) is 18.2 Å². The lowest BCUT2D eigenvalue weighted by Gasteiger charge is -2.19. The van der Waals surface area contributed by atoms with Gasteiger partial charge in [0.05, 0.1) is 18.8 Å². The molecule has 90 valence electrons. The molecule has 0 bridgehead atoms. The second-order valence-electron chi connectivity index (χ2n) is 3.84. The third kappa shape index (κ3) is 2.17. The van der Waals surface area contributed by atoms with E-state index in [1.807, 2.05) is 43.0 Å². The summed E-state index contributed by atoms with van der Waals surface area (Å²) in [4.78, 5) is 0. The highest BCUT2D eigenvalue weighted by Crippen LogP contribution is 2.28. The minimum Gasteiger partial charge on any atom is -0.496 e. The maximum absolute atomic E-state index is 5.40. The van der Waals surface area contributed by atoms with Crippen LogP contribution in [0.1, 0.15) is 17.3 Å². The van der Waals surface area contributed by atoms with Crippen LogP contribution in [0.3, 0.4) is 0 Å². The molecule has 0 aliphatic rings. The monoisotopic (exact) mass is 231 g/mol. The number of para-hydroxylation sites is 1. The summed E-state index contributed by atoms with van der Waals surface area (Å²) < 4.78 is 7.27. The molecule has 1 N–H and O–H groups in total. The number of methoxy groups -OCH3 is 1. The lowest BCUT2D eigenvalue weighted by atomic mass is 10.0. The lowest BCUT2D eigenvalue weighted by molar-refractivity contribution is 0.404. The predicted octanol–water partition coefficient (Wildman–Crippen LogP) is 1.74. The number of rotatable bonds is 4. The van der Waals surface area contributed by atoms with Crippen LogP contribution in [0.15, 0.2) is 36.5 Å². The third-order valence-electron chi connectivity index (χ3n) is 2.89. The van der Waals surface area contributed by atoms with Crippen LogP contribution in [0.25, 0.3) is 0 Å². The van der Waals surface area contributed by atoms with Crippen molar-refractivity contribution in [1.82, 2.24) is 15.1 Å². The predicted molar refractivity (Wildman–Crippen MR) is 67.1 cm³/mol. The van der Waals surface area contributed by atoms with E-state index in [9.17, 15) is 0 Å². The highest BCUT2D eigenvalue weighted by Gasteiger charge is 2.18. The summed E-state index contributed by atoms with van der Waals surface area (Å²) in [6.45, 7) is 0. The van der Waals surface area contributed by atoms with Crippen molar-refractivity contribution in [3.63, 3.8) is 0 Å². The molecular formula is C13H17N3O. The molecule has 0 amide bonds. The maximum atomic E-state index is 5.40. The van der Waals surface area contributed by atoms with Gasteiger partial charge in [-0.2, -0.15) is 5.10 Å². The molecule has 4 heteroatoms. The van der Waals surface area contributed by atoms with E-state index in [1.165, 1.54) is 0 Å². The Labute approximate surface area is 101 Å². The van der Waals surface area contributed by atoms with Crippen molar-refractivity contribution in [2.45, 2.75) is 6.04 Å². The van der Waals surface area contributed by atoms with E-state index in [0.717, 1.165) is 17.0 Å². The van der Waals surface area contributed by atoms with E-state index in [2.05, 4.69) is 16.5 Å². The highest BCUT2D eigenvalue weighted by molar-refractivity contribution is 5.39. The SMILES string of the molecule is CNC(c1ccccc1OC)c1ccnn1C. The maximum Gasteiger partial charge on any atom is 0.124 e. The van der Waals surface area contributed by atoms with Gasteiger partial charge in [-0.25, -0.2) is 0 Å². The average molecular weight is 231 g/mol. The number of nitrogens with zero attached hydrogens (tertiary/aromatic N) is 2. The zero-order valence-electron chi connectivity index (χ0n) is 10.3. The number of hydrogen-bond acceptors (Lipinski definition) is 3. The summed E-state index contributed by atoms with van der Waals surface area (Å²) in [7, 11) is 5.56. The van der Waals surface area contributed by atoms with Gasteiger partial charge in [0.1, 0.15) is 5.75 Å². The largest absolute Gasteiger partial charge is 0.496 e. The van der Waals surface area contributed by atoms with Crippen molar-refractivity contribution in [3.8, 4) is 5.75 Å². The Morgan fingerprint density at radius 1 is 1.29 bits per heavy atom. The molecule has 1 aromatic carbocycles. The fourth-order valence-corrected chi connectivity index (χ4v) is 2.03. The zero-order chi connectivity index (χ0) is 12.3. The topological polar surface area (TPSA) is 39.1 Å². The Hall–Kier alpha value is -1.81. The normalized spacial score (nSPS) is 12.4. The fraction of sp³-hybridized carbons (Fsp3) is 0.308. The second-order valence-corrected chi connectivity index (χ2v) is 3.84. The van der Waals surface area contributed by atoms with Crippen LogP contribution in [0.5, 0.6) is 5.75 Å². The molecule has 1 aromatic heterocycles. The van der Waals surface area contributed by atoms with Crippen LogP contribution >= 0.6 is 0 Å². The number of aryl methyl sites for hydroxylation is 1. The van der Waals surface area contributed by atoms with E-state index in [0.29, 0.717) is 0 Å². The zero-order valence-corrected chi connectivity index (χ0v) is 10.3. The first-order chi connectivity index (χ1) is 8.27. The quantitative estimate of drug-likeness (QED) is 0.871. The number of nitrogens with one attached hydrogen (secondary N) is 1. The summed E-state index contributed by atoms with van der Waals surface area (Å²) in [5.74, 6) is 0.882. The van der Waals surface area contributed by atoms with Gasteiger partial charge in [0.2, 0.25) is 0 Å². The molecule has 1 heterocycles. The van der Waals surface area contributed by atoms with Crippen LogP contribution in [-0.2, 0) is 7.05 Å². The molecule has 4 nitrogen and oxygen atoms in total. The third-order valence-corrected chi connectivity index (χ3v) is 2.89. The Morgan fingerprint density at radius 2 is 2.06 bits per heavy atom. The van der Waals surface area contributed by atoms with Gasteiger partial charge in [-0.3, -0.25) is 4.68 Å². The van der Waals surface area contributed by atoms with Gasteiger partial charge in [-0.05, 0) is 19.2 Å². The molecule has 0 saturated heterocycles. The molecule has 17 heavy (non-hydrogen) atoms. The number of benzene rings is 1. The molecule has 0 spiro atoms. The van der Waals surface area contributed by atoms with Crippen molar-refractivity contribution in [2.24, 2.45) is 7.05 Å². The van der Waals surface area contributed by atoms with Crippen LogP contribution in [0, 0.1) is 0 Å². The first-order valence-corrected chi connectivity index (χ1v) is 5.56. The molecule has 0 saturated carbocycles. The van der Waals surface area contributed by atoms with Crippen molar-refractivity contribution in [3.05, 3.63) is 47.8 Å². The summed E-state index contributed by atoms with van der Waals surface area (Å²) in [5.41, 5.74) is 2.22. The van der Waals surface area contributed by atoms with Crippen LogP contribution in [0.4, 0.5) is 0 Å². The molecule has 1 atom stereocenters. The van der Waals surface area contributed by atoms with Gasteiger partial charge >= 0.3 is 0 Å². The molecule has 1 unspecified atom stereocenters. The highest BCUT2D eigenvalue weighted by atomic mass is 16.5. The fourth-order valence-electron chi connectivity index (χ4n) is 2.03. The first-order valence-electron chi connectivity index (χ1n) is 5.56. The molecule has 2 rings (SSSR count). The van der Waals surface area contributed by atoms with Crippen molar-refractivity contribution < 1.29 is 4.74 Å². The van der Waals surface area contributed by atoms with Gasteiger partial charge < -0.3 is 10.1 Å². The Balaban J connectivity index is 2.46. The van der Waals surface area contributed by atoms with E-state index >= 15 is 0 Å². The van der Waals surface area contributed by atoms with Crippen LogP contribution in [-0.4, -0.2) is 23.9 Å². The molecule has 0 fully saturated rings. The summed E-state index contributed by atoms with van der Waals surface area (Å²) in [6, 6.07) is 10.1. The Morgan fingerprint density at radius 3 is 2.65 bits per heavy atom. The number of ether oxygens (including phenoxy) is 1. The minimum atomic E-state index is 0.0821. The van der Waals surface area contributed by atoms with E-state index < -0.39 is 0 Å². The van der Waals surface area contributed by atoms with E-state index in [1.54, 1.807) is 13.3 Å². The van der Waals surface area contributed by atoms with Gasteiger partial charge in [0, 0.05) is 18.8 Å². The first kappa shape index (κ1) is 11.7. The minimum absolute atomic E-state index is 0.0821. The lowest BCUT2D eigenvalue weighted by Crippen LogP contribution is -2.21. The standard InChI is InChI=1S/C13H17N3O/c1-14-13(11-8-9-15-16(11)2)10-6-4-5-7-12(10)17-3/h4-9,13-14H,1-3H3. The molecule has 0 radical (unpaired) electrons. The van der Waals surface area contributed by atoms with Crippen molar-refractivity contribution in [2.75, 3.05) is 14.2 Å². The summed E-state index contributed by atoms with van der Waals surface area (Å²) >= 11 is 0. The van der Waals surface area contributed by atoms with E-state index in [-0.39, 0.29) is 6.04 Å². The molecular weight excluding hydrogens is 214 g/mol. The summed E-state index contributed by atoms with van der Waals surface area (Å²) in [6.07, 6.45) is 1.80. The smallest absolute Gasteiger partial charge is 0.124 e. The Kier molecular flexibility index (Phi) is 3.44. The van der Waals surface area contributed by atoms with Crippen molar-refractivity contribution >= 4 is 0 Å². The van der Waals surface area contributed by atoms with Crippen LogP contribution in [0.2, 0.25) is 0 Å². The molecule has 0 aliphatic heterocycles. The van der Waals surface area contributed by atoms with Crippen molar-refractivity contribution in [1.29, 1.82) is 0 Å². The van der Waals surface area contributed by atoms with Crippen LogP contribution < -0.4 is 10.1 Å². The number of aromatic nitrogens is 2. The molecule has 0 aliphatic carbocycles. The average Bonchev–Trinajstić information content (AvgIpc) is 2.78. The van der Waals surface area contributed by atoms with Gasteiger partial charge in [0.25, 0.3) is 0 Å². The van der Waals surface area contributed by atoms with E-state index in [4.69, 9.17) is 4.74 Å².